The lowest BCUT2D eigenvalue weighted by Gasteiger charge is -2.37. The number of halogens is 2. The molecule has 2 fully saturated rings. The molecular weight excluding hydrogens is 667 g/mol. The lowest BCUT2D eigenvalue weighted by atomic mass is 10.1. The largest absolute Gasteiger partial charge is 0.491 e. The van der Waals surface area contributed by atoms with Gasteiger partial charge in [0.05, 0.1) is 17.3 Å². The van der Waals surface area contributed by atoms with Crippen LogP contribution in [0.5, 0.6) is 5.75 Å². The smallest absolute Gasteiger partial charge is 0.332 e. The maximum absolute atomic E-state index is 12.9. The molecule has 0 radical (unpaired) electrons. The van der Waals surface area contributed by atoms with Crippen molar-refractivity contribution in [3.63, 3.8) is 0 Å². The van der Waals surface area contributed by atoms with Crippen molar-refractivity contribution in [3.8, 4) is 11.4 Å². The molecule has 5 aromatic rings. The zero-order valence-electron chi connectivity index (χ0n) is 27.4. The number of hydrogen-bond donors (Lipinski definition) is 0. The maximum atomic E-state index is 12.9. The van der Waals surface area contributed by atoms with Crippen molar-refractivity contribution in [1.82, 2.24) is 29.3 Å². The zero-order valence-corrected chi connectivity index (χ0v) is 28.9. The summed E-state index contributed by atoms with van der Waals surface area (Å²) in [5.41, 5.74) is 3.80. The molecule has 12 nitrogen and oxygen atoms in total. The van der Waals surface area contributed by atoms with Gasteiger partial charge in [0.15, 0.2) is 0 Å². The van der Waals surface area contributed by atoms with E-state index in [1.54, 1.807) is 32.0 Å². The minimum absolute atomic E-state index is 0.00750. The van der Waals surface area contributed by atoms with Crippen LogP contribution < -0.4 is 20.2 Å². The fourth-order valence-corrected chi connectivity index (χ4v) is 6.88. The number of aromatic nitrogens is 6. The highest BCUT2D eigenvalue weighted by molar-refractivity contribution is 6.35. The number of anilines is 2. The summed E-state index contributed by atoms with van der Waals surface area (Å²) in [6, 6.07) is 21.8. The first-order chi connectivity index (χ1) is 23.8. The second kappa shape index (κ2) is 14.2. The predicted octanol–water partition coefficient (Wildman–Crippen LogP) is 5.58. The highest BCUT2D eigenvalue weighted by Gasteiger charge is 2.45. The van der Waals surface area contributed by atoms with Crippen LogP contribution in [-0.2, 0) is 21.8 Å². The Kier molecular flexibility index (Phi) is 9.64. The quantitative estimate of drug-likeness (QED) is 0.174. The number of nitrogens with zero attached hydrogens (tertiary/aromatic N) is 8. The van der Waals surface area contributed by atoms with Crippen LogP contribution in [0.3, 0.4) is 0 Å². The molecule has 0 saturated carbocycles. The van der Waals surface area contributed by atoms with Crippen LogP contribution in [0.1, 0.15) is 31.9 Å². The first-order valence-corrected chi connectivity index (χ1v) is 17.2. The molecule has 14 heteroatoms. The Bertz CT molecular complexity index is 1910. The van der Waals surface area contributed by atoms with E-state index in [1.165, 1.54) is 6.33 Å². The lowest BCUT2D eigenvalue weighted by molar-refractivity contribution is -0.190. The SMILES string of the molecule is CCC(C)n1ccn(-c2ccc(N3CCN(c4ccc(OC[C@@H]5CO[C@@](Cn6cnnn6)(c6ccc(Cl)cc6Cl)O5)cc4)CC3)cc2)c1=O. The lowest BCUT2D eigenvalue weighted by Crippen LogP contribution is -2.46. The molecule has 3 aromatic carbocycles. The molecule has 0 amide bonds. The number of rotatable bonds is 11. The van der Waals surface area contributed by atoms with Crippen molar-refractivity contribution in [2.24, 2.45) is 0 Å². The van der Waals surface area contributed by atoms with Crippen LogP contribution >= 0.6 is 23.2 Å². The van der Waals surface area contributed by atoms with Gasteiger partial charge in [0.25, 0.3) is 0 Å². The van der Waals surface area contributed by atoms with E-state index in [9.17, 15) is 4.79 Å². The van der Waals surface area contributed by atoms with Gasteiger partial charge in [-0.25, -0.2) is 9.48 Å². The summed E-state index contributed by atoms with van der Waals surface area (Å²) >= 11 is 12.7. The summed E-state index contributed by atoms with van der Waals surface area (Å²) in [6.07, 6.45) is 5.77. The van der Waals surface area contributed by atoms with Crippen LogP contribution in [0, 0.1) is 0 Å². The van der Waals surface area contributed by atoms with Gasteiger partial charge in [-0.2, -0.15) is 0 Å². The number of imidazole rings is 1. The van der Waals surface area contributed by atoms with Crippen LogP contribution in [0.15, 0.2) is 90.2 Å². The summed E-state index contributed by atoms with van der Waals surface area (Å²) in [7, 11) is 0. The molecule has 0 N–H and O–H groups in total. The Morgan fingerprint density at radius 1 is 0.939 bits per heavy atom. The van der Waals surface area contributed by atoms with Gasteiger partial charge in [-0.1, -0.05) is 36.2 Å². The molecular formula is C35H38Cl2N8O4. The molecule has 0 bridgehead atoms. The fourth-order valence-electron chi connectivity index (χ4n) is 6.33. The van der Waals surface area contributed by atoms with Crippen molar-refractivity contribution >= 4 is 34.6 Å². The van der Waals surface area contributed by atoms with Gasteiger partial charge in [0.2, 0.25) is 5.79 Å². The van der Waals surface area contributed by atoms with Gasteiger partial charge >= 0.3 is 5.69 Å². The summed E-state index contributed by atoms with van der Waals surface area (Å²) in [6.45, 7) is 8.52. The Balaban J connectivity index is 0.925. The van der Waals surface area contributed by atoms with Gasteiger partial charge in [0.1, 0.15) is 31.3 Å². The van der Waals surface area contributed by atoms with E-state index in [0.29, 0.717) is 22.2 Å². The van der Waals surface area contributed by atoms with Crippen molar-refractivity contribution in [2.45, 2.75) is 44.7 Å². The van der Waals surface area contributed by atoms with Gasteiger partial charge in [0, 0.05) is 66.6 Å². The van der Waals surface area contributed by atoms with E-state index < -0.39 is 5.79 Å². The molecule has 2 aliphatic heterocycles. The van der Waals surface area contributed by atoms with E-state index in [0.717, 1.165) is 55.4 Å². The average Bonchev–Trinajstić information content (AvgIpc) is 3.88. The molecule has 2 aromatic heterocycles. The minimum Gasteiger partial charge on any atom is -0.491 e. The van der Waals surface area contributed by atoms with E-state index in [-0.39, 0.29) is 31.0 Å². The Morgan fingerprint density at radius 3 is 2.24 bits per heavy atom. The summed E-state index contributed by atoms with van der Waals surface area (Å²) in [5, 5.41) is 12.4. The normalized spacial score (nSPS) is 20.1. The predicted molar refractivity (Wildman–Crippen MR) is 188 cm³/mol. The second-order valence-electron chi connectivity index (χ2n) is 12.3. The van der Waals surface area contributed by atoms with Crippen molar-refractivity contribution < 1.29 is 14.2 Å². The first-order valence-electron chi connectivity index (χ1n) is 16.4. The first kappa shape index (κ1) is 33.2. The second-order valence-corrected chi connectivity index (χ2v) is 13.2. The molecule has 2 aliphatic rings. The molecule has 3 atom stereocenters. The molecule has 256 valence electrons. The molecule has 4 heterocycles. The van der Waals surface area contributed by atoms with Crippen molar-refractivity contribution in [2.75, 3.05) is 49.2 Å². The van der Waals surface area contributed by atoms with Crippen molar-refractivity contribution in [1.29, 1.82) is 0 Å². The number of tetrazole rings is 1. The Hall–Kier alpha value is -4.36. The Morgan fingerprint density at radius 2 is 1.61 bits per heavy atom. The Labute approximate surface area is 294 Å². The zero-order chi connectivity index (χ0) is 34.0. The third-order valence-electron chi connectivity index (χ3n) is 9.24. The number of hydrogen-bond acceptors (Lipinski definition) is 9. The minimum atomic E-state index is -1.20. The summed E-state index contributed by atoms with van der Waals surface area (Å²) in [5.74, 6) is -0.453. The molecule has 0 spiro atoms. The molecule has 7 rings (SSSR count). The van der Waals surface area contributed by atoms with Gasteiger partial charge in [-0.05, 0) is 84.4 Å². The van der Waals surface area contributed by atoms with Crippen LogP contribution in [-0.4, -0.2) is 74.8 Å². The fraction of sp³-hybridized carbons (Fsp3) is 0.371. The third-order valence-corrected chi connectivity index (χ3v) is 9.79. The number of ether oxygens (including phenoxy) is 3. The molecule has 1 unspecified atom stereocenters. The molecule has 2 saturated heterocycles. The van der Waals surface area contributed by atoms with Crippen LogP contribution in [0.4, 0.5) is 11.4 Å². The van der Waals surface area contributed by atoms with E-state index in [1.807, 2.05) is 36.7 Å². The monoisotopic (exact) mass is 704 g/mol. The van der Waals surface area contributed by atoms with Gasteiger partial charge in [-0.15, -0.1) is 5.10 Å². The van der Waals surface area contributed by atoms with Crippen LogP contribution in [0.2, 0.25) is 10.0 Å². The van der Waals surface area contributed by atoms with E-state index in [4.69, 9.17) is 37.4 Å². The van der Waals surface area contributed by atoms with Gasteiger partial charge in [-0.3, -0.25) is 9.13 Å². The topological polar surface area (TPSA) is 105 Å². The van der Waals surface area contributed by atoms with E-state index in [2.05, 4.69) is 63.4 Å². The standard InChI is InChI=1S/C35H38Cl2N8O4/c1-3-25(2)44-18-19-45(34(44)46)29-7-5-27(6-8-29)41-14-16-42(17-15-41)28-9-11-30(12-10-28)47-21-31-22-48-35(49-31,23-43-24-38-39-40-43)32-13-4-26(36)20-33(32)37/h4-13,18-20,24-25,31H,3,14-17,21-23H2,1-2H3/t25?,31-,35-/m1/s1. The number of benzene rings is 3. The average molecular weight is 706 g/mol. The van der Waals surface area contributed by atoms with E-state index >= 15 is 0 Å². The number of piperazine rings is 1. The molecule has 0 aliphatic carbocycles. The third kappa shape index (κ3) is 7.04. The maximum Gasteiger partial charge on any atom is 0.332 e. The van der Waals surface area contributed by atoms with Gasteiger partial charge < -0.3 is 24.0 Å². The summed E-state index contributed by atoms with van der Waals surface area (Å²) in [4.78, 5) is 17.6. The highest BCUT2D eigenvalue weighted by atomic mass is 35.5. The molecule has 49 heavy (non-hydrogen) atoms. The summed E-state index contributed by atoms with van der Waals surface area (Å²) < 4.78 is 23.8. The highest BCUT2D eigenvalue weighted by Crippen LogP contribution is 2.40. The van der Waals surface area contributed by atoms with Crippen LogP contribution in [0.25, 0.3) is 5.69 Å². The van der Waals surface area contributed by atoms with Crippen molar-refractivity contribution in [3.05, 3.63) is 112 Å².